The van der Waals surface area contributed by atoms with Crippen LogP contribution in [0.2, 0.25) is 0 Å². The smallest absolute Gasteiger partial charge is 0.124 e. The molecule has 0 amide bonds. The Labute approximate surface area is 104 Å². The molecule has 1 aromatic rings. The highest BCUT2D eigenvalue weighted by Crippen LogP contribution is 2.20. The molecule has 0 aromatic heterocycles. The van der Waals surface area contributed by atoms with Crippen molar-refractivity contribution in [1.29, 1.82) is 5.26 Å². The number of rotatable bonds is 4. The predicted octanol–water partition coefficient (Wildman–Crippen LogP) is 3.32. The van der Waals surface area contributed by atoms with E-state index >= 15 is 0 Å². The molecule has 86 valence electrons. The van der Waals surface area contributed by atoms with Crippen LogP contribution < -0.4 is 0 Å². The fraction of sp³-hybridized carbons (Fsp3) is 0.417. The number of hydrogen-bond donors (Lipinski definition) is 0. The van der Waals surface area contributed by atoms with E-state index in [-0.39, 0.29) is 11.9 Å². The summed E-state index contributed by atoms with van der Waals surface area (Å²) in [6.07, 6.45) is 0.495. The first kappa shape index (κ1) is 13.1. The van der Waals surface area contributed by atoms with E-state index in [0.717, 1.165) is 10.0 Å². The van der Waals surface area contributed by atoms with Crippen LogP contribution in [-0.4, -0.2) is 18.0 Å². The van der Waals surface area contributed by atoms with Crippen molar-refractivity contribution in [3.05, 3.63) is 34.1 Å². The van der Waals surface area contributed by atoms with Crippen LogP contribution in [0.3, 0.4) is 0 Å². The third kappa shape index (κ3) is 3.58. The van der Waals surface area contributed by atoms with Gasteiger partial charge in [0.25, 0.3) is 0 Å². The average Bonchev–Trinajstić information content (AvgIpc) is 2.22. The van der Waals surface area contributed by atoms with Gasteiger partial charge >= 0.3 is 0 Å². The zero-order chi connectivity index (χ0) is 12.1. The quantitative estimate of drug-likeness (QED) is 0.848. The van der Waals surface area contributed by atoms with E-state index in [4.69, 9.17) is 5.26 Å². The molecule has 0 N–H and O–H groups in total. The van der Waals surface area contributed by atoms with Crippen molar-refractivity contribution in [2.24, 2.45) is 0 Å². The van der Waals surface area contributed by atoms with E-state index in [2.05, 4.69) is 26.9 Å². The van der Waals surface area contributed by atoms with Crippen LogP contribution in [0.5, 0.6) is 0 Å². The molecule has 0 saturated heterocycles. The van der Waals surface area contributed by atoms with Gasteiger partial charge in [-0.1, -0.05) is 22.0 Å². The van der Waals surface area contributed by atoms with Crippen molar-refractivity contribution in [3.8, 4) is 6.07 Å². The van der Waals surface area contributed by atoms with Crippen LogP contribution >= 0.6 is 15.9 Å². The lowest BCUT2D eigenvalue weighted by Crippen LogP contribution is -2.28. The minimum absolute atomic E-state index is 0.196. The highest BCUT2D eigenvalue weighted by Gasteiger charge is 2.11. The van der Waals surface area contributed by atoms with Gasteiger partial charge in [0.2, 0.25) is 0 Å². The van der Waals surface area contributed by atoms with E-state index < -0.39 is 0 Å². The van der Waals surface area contributed by atoms with Crippen LogP contribution in [0.1, 0.15) is 18.9 Å². The van der Waals surface area contributed by atoms with Crippen LogP contribution in [0.15, 0.2) is 22.7 Å². The summed E-state index contributed by atoms with van der Waals surface area (Å²) in [4.78, 5) is 2.07. The molecule has 0 aliphatic carbocycles. The fourth-order valence-electron chi connectivity index (χ4n) is 1.36. The molecule has 0 heterocycles. The minimum atomic E-state index is -0.247. The van der Waals surface area contributed by atoms with Gasteiger partial charge in [0.05, 0.1) is 12.5 Å². The molecule has 0 aliphatic heterocycles. The van der Waals surface area contributed by atoms with Gasteiger partial charge in [-0.3, -0.25) is 4.90 Å². The summed E-state index contributed by atoms with van der Waals surface area (Å²) >= 11 is 3.33. The molecule has 0 fully saturated rings. The van der Waals surface area contributed by atoms with Crippen LogP contribution in [0.25, 0.3) is 0 Å². The molecule has 0 bridgehead atoms. The summed E-state index contributed by atoms with van der Waals surface area (Å²) in [6.45, 7) is 2.70. The lowest BCUT2D eigenvalue weighted by atomic mass is 10.1. The van der Waals surface area contributed by atoms with Crippen molar-refractivity contribution >= 4 is 15.9 Å². The van der Waals surface area contributed by atoms with Gasteiger partial charge in [-0.25, -0.2) is 4.39 Å². The Hall–Kier alpha value is -0.920. The Kier molecular flexibility index (Phi) is 4.91. The van der Waals surface area contributed by atoms with Gasteiger partial charge in [-0.15, -0.1) is 0 Å². The molecule has 1 rings (SSSR count). The zero-order valence-electron chi connectivity index (χ0n) is 9.37. The molecule has 0 radical (unpaired) electrons. The van der Waals surface area contributed by atoms with E-state index in [0.29, 0.717) is 13.0 Å². The molecule has 1 atom stereocenters. The van der Waals surface area contributed by atoms with Crippen molar-refractivity contribution in [1.82, 2.24) is 4.90 Å². The molecular weight excluding hydrogens is 271 g/mol. The second-order valence-electron chi connectivity index (χ2n) is 3.86. The van der Waals surface area contributed by atoms with Gasteiger partial charge < -0.3 is 0 Å². The zero-order valence-corrected chi connectivity index (χ0v) is 11.0. The largest absolute Gasteiger partial charge is 0.298 e. The van der Waals surface area contributed by atoms with Crippen LogP contribution in [0, 0.1) is 17.1 Å². The maximum atomic E-state index is 12.9. The Morgan fingerprint density at radius 2 is 2.25 bits per heavy atom. The standard InChI is InChI=1S/C12H14BrFN2/c1-9(5-6-15)16(2)8-10-3-4-11(14)7-12(10)13/h3-4,7,9H,5,8H2,1-2H3. The number of hydrogen-bond acceptors (Lipinski definition) is 2. The second-order valence-corrected chi connectivity index (χ2v) is 4.72. The Balaban J connectivity index is 2.70. The van der Waals surface area contributed by atoms with Gasteiger partial charge in [0, 0.05) is 17.1 Å². The van der Waals surface area contributed by atoms with E-state index in [1.54, 1.807) is 6.07 Å². The van der Waals surface area contributed by atoms with Gasteiger partial charge in [-0.05, 0) is 31.7 Å². The molecule has 0 saturated carbocycles. The van der Waals surface area contributed by atoms with Gasteiger partial charge in [-0.2, -0.15) is 5.26 Å². The molecule has 0 aliphatic rings. The molecule has 2 nitrogen and oxygen atoms in total. The van der Waals surface area contributed by atoms with Crippen molar-refractivity contribution in [2.75, 3.05) is 7.05 Å². The van der Waals surface area contributed by atoms with E-state index in [9.17, 15) is 4.39 Å². The molecule has 1 aromatic carbocycles. The summed E-state index contributed by atoms with van der Waals surface area (Å²) in [5, 5.41) is 8.61. The van der Waals surface area contributed by atoms with Crippen molar-refractivity contribution in [2.45, 2.75) is 25.9 Å². The molecule has 16 heavy (non-hydrogen) atoms. The number of nitriles is 1. The lowest BCUT2D eigenvalue weighted by molar-refractivity contribution is 0.252. The van der Waals surface area contributed by atoms with Crippen molar-refractivity contribution < 1.29 is 4.39 Å². The molecule has 1 unspecified atom stereocenters. The first-order valence-corrected chi connectivity index (χ1v) is 5.85. The summed E-state index contributed by atoms with van der Waals surface area (Å²) < 4.78 is 13.6. The SMILES string of the molecule is CC(CC#N)N(C)Cc1ccc(F)cc1Br. The highest BCUT2D eigenvalue weighted by atomic mass is 79.9. The Morgan fingerprint density at radius 3 is 2.81 bits per heavy atom. The van der Waals surface area contributed by atoms with E-state index in [1.807, 2.05) is 14.0 Å². The second kappa shape index (κ2) is 5.97. The molecular formula is C12H14BrFN2. The monoisotopic (exact) mass is 284 g/mol. The first-order chi connectivity index (χ1) is 7.54. The summed E-state index contributed by atoms with van der Waals surface area (Å²) in [6, 6.07) is 7.00. The van der Waals surface area contributed by atoms with Crippen LogP contribution in [0.4, 0.5) is 4.39 Å². The topological polar surface area (TPSA) is 27.0 Å². The molecule has 4 heteroatoms. The van der Waals surface area contributed by atoms with Crippen LogP contribution in [-0.2, 0) is 6.54 Å². The predicted molar refractivity (Wildman–Crippen MR) is 65.3 cm³/mol. The third-order valence-electron chi connectivity index (χ3n) is 2.57. The Morgan fingerprint density at radius 1 is 1.56 bits per heavy atom. The van der Waals surface area contributed by atoms with Crippen molar-refractivity contribution in [3.63, 3.8) is 0 Å². The maximum absolute atomic E-state index is 12.9. The minimum Gasteiger partial charge on any atom is -0.298 e. The summed E-state index contributed by atoms with van der Waals surface area (Å²) in [7, 11) is 1.96. The fourth-order valence-corrected chi connectivity index (χ4v) is 1.84. The summed E-state index contributed by atoms with van der Waals surface area (Å²) in [5.41, 5.74) is 1.02. The third-order valence-corrected chi connectivity index (χ3v) is 3.31. The van der Waals surface area contributed by atoms with Gasteiger partial charge in [0.15, 0.2) is 0 Å². The summed E-state index contributed by atoms with van der Waals surface area (Å²) in [5.74, 6) is -0.247. The number of benzene rings is 1. The van der Waals surface area contributed by atoms with Gasteiger partial charge in [0.1, 0.15) is 5.82 Å². The number of halogens is 2. The number of nitrogens with zero attached hydrogens (tertiary/aromatic N) is 2. The Bertz CT molecular complexity index is 400. The first-order valence-electron chi connectivity index (χ1n) is 5.05. The normalized spacial score (nSPS) is 12.5. The average molecular weight is 285 g/mol. The maximum Gasteiger partial charge on any atom is 0.124 e. The van der Waals surface area contributed by atoms with E-state index in [1.165, 1.54) is 12.1 Å². The highest BCUT2D eigenvalue weighted by molar-refractivity contribution is 9.10. The lowest BCUT2D eigenvalue weighted by Gasteiger charge is -2.23. The molecule has 0 spiro atoms.